The minimum Gasteiger partial charge on any atom is -0.459 e. The fourth-order valence-corrected chi connectivity index (χ4v) is 3.31. The number of carbonyl (C=O) groups is 2. The van der Waals surface area contributed by atoms with E-state index in [9.17, 15) is 14.7 Å². The second-order valence-corrected chi connectivity index (χ2v) is 7.03. The Labute approximate surface area is 190 Å². The van der Waals surface area contributed by atoms with Crippen LogP contribution in [0.4, 0.5) is 0 Å². The van der Waals surface area contributed by atoms with E-state index in [-0.39, 0.29) is 18.1 Å². The van der Waals surface area contributed by atoms with E-state index in [0.29, 0.717) is 25.3 Å². The van der Waals surface area contributed by atoms with E-state index in [1.807, 2.05) is 39.5 Å². The molecule has 6 heteroatoms. The van der Waals surface area contributed by atoms with Gasteiger partial charge in [-0.05, 0) is 44.2 Å². The van der Waals surface area contributed by atoms with E-state index in [0.717, 1.165) is 38.4 Å². The summed E-state index contributed by atoms with van der Waals surface area (Å²) in [7, 11) is 0. The molecule has 2 heterocycles. The van der Waals surface area contributed by atoms with Crippen LogP contribution in [0.3, 0.4) is 0 Å². The van der Waals surface area contributed by atoms with Crippen molar-refractivity contribution in [1.29, 1.82) is 0 Å². The Morgan fingerprint density at radius 2 is 1.68 bits per heavy atom. The molecule has 1 aliphatic rings. The van der Waals surface area contributed by atoms with Crippen LogP contribution in [0.25, 0.3) is 0 Å². The van der Waals surface area contributed by atoms with Crippen molar-refractivity contribution >= 4 is 12.2 Å². The standard InChI is InChI=1S/C18H29NO4.C3H6O.2C2H6/c1-4-17(5-2,14-20)23-18(6-3)9-11-19(12-10-18)16(21)15-8-7-13-22-15;1-2-3-4;2*1-2/h7-8,13,20H,4-6,9-12,14H2,1-3H3;3H,2H2,1H3;2*1-2H3. The first-order chi connectivity index (χ1) is 14.9. The number of ether oxygens (including phenoxy) is 1. The summed E-state index contributed by atoms with van der Waals surface area (Å²) in [5.41, 5.74) is -0.724. The number of aliphatic hydroxyl groups is 1. The third-order valence-electron chi connectivity index (χ3n) is 5.51. The molecule has 1 saturated heterocycles. The lowest BCUT2D eigenvalue weighted by Gasteiger charge is -2.46. The van der Waals surface area contributed by atoms with Crippen LogP contribution in [-0.4, -0.2) is 53.1 Å². The molecule has 31 heavy (non-hydrogen) atoms. The highest BCUT2D eigenvalue weighted by atomic mass is 16.5. The van der Waals surface area contributed by atoms with Crippen molar-refractivity contribution in [2.24, 2.45) is 0 Å². The monoisotopic (exact) mass is 441 g/mol. The topological polar surface area (TPSA) is 80.0 Å². The summed E-state index contributed by atoms with van der Waals surface area (Å²) in [4.78, 5) is 23.4. The Hall–Kier alpha value is -1.66. The molecule has 1 aliphatic heterocycles. The van der Waals surface area contributed by atoms with Gasteiger partial charge in [-0.15, -0.1) is 0 Å². The Balaban J connectivity index is 0. The number of aliphatic hydroxyl groups excluding tert-OH is 1. The molecule has 1 fully saturated rings. The van der Waals surface area contributed by atoms with Crippen LogP contribution in [0.15, 0.2) is 22.8 Å². The van der Waals surface area contributed by atoms with Gasteiger partial charge in [0.2, 0.25) is 0 Å². The zero-order valence-corrected chi connectivity index (χ0v) is 21.2. The Morgan fingerprint density at radius 1 is 1.16 bits per heavy atom. The van der Waals surface area contributed by atoms with E-state index >= 15 is 0 Å². The van der Waals surface area contributed by atoms with Gasteiger partial charge in [-0.2, -0.15) is 0 Å². The summed E-state index contributed by atoms with van der Waals surface area (Å²) >= 11 is 0. The maximum Gasteiger partial charge on any atom is 0.289 e. The predicted octanol–water partition coefficient (Wildman–Crippen LogP) is 5.88. The Kier molecular flexibility index (Phi) is 18.3. The summed E-state index contributed by atoms with van der Waals surface area (Å²) < 4.78 is 11.7. The Morgan fingerprint density at radius 3 is 2.00 bits per heavy atom. The van der Waals surface area contributed by atoms with E-state index in [1.165, 1.54) is 6.26 Å². The summed E-state index contributed by atoms with van der Waals surface area (Å²) in [6.45, 7) is 17.4. The third-order valence-corrected chi connectivity index (χ3v) is 5.51. The predicted molar refractivity (Wildman–Crippen MR) is 127 cm³/mol. The van der Waals surface area contributed by atoms with Gasteiger partial charge in [-0.1, -0.05) is 55.4 Å². The van der Waals surface area contributed by atoms with E-state index in [1.54, 1.807) is 12.1 Å². The van der Waals surface area contributed by atoms with Gasteiger partial charge in [0.1, 0.15) is 6.29 Å². The summed E-state index contributed by atoms with van der Waals surface area (Å²) in [6.07, 6.45) is 7.08. The van der Waals surface area contributed by atoms with Crippen molar-refractivity contribution in [3.05, 3.63) is 24.2 Å². The van der Waals surface area contributed by atoms with Crippen LogP contribution in [0.1, 0.15) is 104 Å². The zero-order chi connectivity index (χ0) is 24.3. The first kappa shape index (κ1) is 31.5. The summed E-state index contributed by atoms with van der Waals surface area (Å²) in [5.74, 6) is 0.334. The molecule has 0 aromatic carbocycles. The quantitative estimate of drug-likeness (QED) is 0.510. The molecule has 0 atom stereocenters. The van der Waals surface area contributed by atoms with Gasteiger partial charge in [0.05, 0.1) is 24.1 Å². The molecule has 1 aromatic rings. The number of hydrogen-bond donors (Lipinski definition) is 1. The first-order valence-corrected chi connectivity index (χ1v) is 12.0. The molecule has 0 aliphatic carbocycles. The number of aldehydes is 1. The molecule has 1 amide bonds. The number of piperidine rings is 1. The average Bonchev–Trinajstić information content (AvgIpc) is 3.40. The number of carbonyl (C=O) groups excluding carboxylic acids is 2. The van der Waals surface area contributed by atoms with Gasteiger partial charge in [0.25, 0.3) is 5.91 Å². The molecule has 1 aromatic heterocycles. The summed E-state index contributed by atoms with van der Waals surface area (Å²) in [5, 5.41) is 9.78. The van der Waals surface area contributed by atoms with Crippen molar-refractivity contribution < 1.29 is 23.8 Å². The minimum absolute atomic E-state index is 0.0385. The highest BCUT2D eigenvalue weighted by molar-refractivity contribution is 5.91. The lowest BCUT2D eigenvalue weighted by atomic mass is 9.86. The van der Waals surface area contributed by atoms with E-state index in [4.69, 9.17) is 9.15 Å². The lowest BCUT2D eigenvalue weighted by molar-refractivity contribution is -0.194. The maximum absolute atomic E-state index is 12.4. The number of hydrogen-bond acceptors (Lipinski definition) is 5. The van der Waals surface area contributed by atoms with Gasteiger partial charge < -0.3 is 24.0 Å². The first-order valence-electron chi connectivity index (χ1n) is 12.0. The smallest absolute Gasteiger partial charge is 0.289 e. The second-order valence-electron chi connectivity index (χ2n) is 7.03. The van der Waals surface area contributed by atoms with Crippen molar-refractivity contribution in [1.82, 2.24) is 4.90 Å². The van der Waals surface area contributed by atoms with Crippen LogP contribution < -0.4 is 0 Å². The van der Waals surface area contributed by atoms with Crippen LogP contribution >= 0.6 is 0 Å². The van der Waals surface area contributed by atoms with Crippen LogP contribution in [0, 0.1) is 0 Å². The SMILES string of the molecule is CC.CC.CCC(CC)(CO)OC1(CC)CCN(C(=O)c2ccco2)CC1.CCC=O. The highest BCUT2D eigenvalue weighted by Gasteiger charge is 2.42. The largest absolute Gasteiger partial charge is 0.459 e. The normalized spacial score (nSPS) is 14.7. The molecule has 0 bridgehead atoms. The van der Waals surface area contributed by atoms with Gasteiger partial charge in [-0.25, -0.2) is 0 Å². The van der Waals surface area contributed by atoms with Crippen molar-refractivity contribution in [2.45, 2.75) is 105 Å². The van der Waals surface area contributed by atoms with Crippen molar-refractivity contribution in [3.63, 3.8) is 0 Å². The van der Waals surface area contributed by atoms with E-state index in [2.05, 4.69) is 20.8 Å². The fourth-order valence-electron chi connectivity index (χ4n) is 3.31. The number of nitrogens with zero attached hydrogens (tertiary/aromatic N) is 1. The number of rotatable bonds is 8. The van der Waals surface area contributed by atoms with Gasteiger partial charge in [0.15, 0.2) is 5.76 Å². The van der Waals surface area contributed by atoms with Gasteiger partial charge >= 0.3 is 0 Å². The van der Waals surface area contributed by atoms with Crippen LogP contribution in [0.5, 0.6) is 0 Å². The molecule has 6 nitrogen and oxygen atoms in total. The van der Waals surface area contributed by atoms with Gasteiger partial charge in [-0.3, -0.25) is 4.79 Å². The number of likely N-dealkylation sites (tertiary alicyclic amines) is 1. The highest BCUT2D eigenvalue weighted by Crippen LogP contribution is 2.36. The Bertz CT molecular complexity index is 536. The molecule has 0 saturated carbocycles. The average molecular weight is 442 g/mol. The van der Waals surface area contributed by atoms with Crippen molar-refractivity contribution in [2.75, 3.05) is 19.7 Å². The molecule has 0 unspecified atom stereocenters. The zero-order valence-electron chi connectivity index (χ0n) is 21.2. The second kappa shape index (κ2) is 18.0. The molecule has 0 spiro atoms. The number of amides is 1. The molecule has 0 radical (unpaired) electrons. The third kappa shape index (κ3) is 10.0. The molecule has 2 rings (SSSR count). The molecular weight excluding hydrogens is 394 g/mol. The summed E-state index contributed by atoms with van der Waals surface area (Å²) in [6, 6.07) is 3.43. The lowest BCUT2D eigenvalue weighted by Crippen LogP contribution is -2.53. The van der Waals surface area contributed by atoms with E-state index < -0.39 is 5.60 Å². The van der Waals surface area contributed by atoms with Crippen molar-refractivity contribution in [3.8, 4) is 0 Å². The van der Waals surface area contributed by atoms with Crippen LogP contribution in [0.2, 0.25) is 0 Å². The molecule has 182 valence electrons. The number of furan rings is 1. The minimum atomic E-state index is -0.469. The van der Waals surface area contributed by atoms with Crippen LogP contribution in [-0.2, 0) is 9.53 Å². The van der Waals surface area contributed by atoms with Gasteiger partial charge in [0, 0.05) is 19.5 Å². The molecule has 1 N–H and O–H groups in total. The fraction of sp³-hybridized carbons (Fsp3) is 0.760. The maximum atomic E-state index is 12.4. The molecular formula is C25H47NO5.